The van der Waals surface area contributed by atoms with E-state index in [9.17, 15) is 0 Å². The first-order valence-electron chi connectivity index (χ1n) is 9.25. The maximum atomic E-state index is 4.98. The second kappa shape index (κ2) is 6.47. The molecule has 4 nitrogen and oxygen atoms in total. The van der Waals surface area contributed by atoms with E-state index in [1.165, 1.54) is 37.7 Å². The van der Waals surface area contributed by atoms with E-state index in [4.69, 9.17) is 9.97 Å². The maximum absolute atomic E-state index is 4.98. The van der Waals surface area contributed by atoms with E-state index in [0.717, 1.165) is 32.6 Å². The third kappa shape index (κ3) is 2.71. The quantitative estimate of drug-likeness (QED) is 0.456. The fourth-order valence-electron chi connectivity index (χ4n) is 4.03. The summed E-state index contributed by atoms with van der Waals surface area (Å²) in [7, 11) is 0. The Morgan fingerprint density at radius 2 is 1.58 bits per heavy atom. The highest BCUT2D eigenvalue weighted by molar-refractivity contribution is 9.10. The van der Waals surface area contributed by atoms with Gasteiger partial charge in [0.05, 0.1) is 6.04 Å². The topological polar surface area (TPSA) is 45.5 Å². The summed E-state index contributed by atoms with van der Waals surface area (Å²) in [5.41, 5.74) is 4.88. The van der Waals surface area contributed by atoms with Crippen LogP contribution in [-0.2, 0) is 0 Å². The van der Waals surface area contributed by atoms with Crippen LogP contribution in [0.3, 0.4) is 0 Å². The minimum Gasteiger partial charge on any atom is -0.251 e. The number of aromatic amines is 1. The minimum atomic E-state index is 0.478. The Kier molecular flexibility index (Phi) is 3.97. The van der Waals surface area contributed by atoms with E-state index in [-0.39, 0.29) is 0 Å². The van der Waals surface area contributed by atoms with Gasteiger partial charge in [0.2, 0.25) is 5.82 Å². The summed E-state index contributed by atoms with van der Waals surface area (Å²) >= 11 is 3.54. The Morgan fingerprint density at radius 1 is 0.885 bits per heavy atom. The second-order valence-electron chi connectivity index (χ2n) is 7.03. The van der Waals surface area contributed by atoms with Crippen molar-refractivity contribution in [3.8, 4) is 11.4 Å². The Balaban J connectivity index is 1.78. The van der Waals surface area contributed by atoms with Crippen LogP contribution in [0.4, 0.5) is 0 Å². The zero-order valence-corrected chi connectivity index (χ0v) is 16.0. The summed E-state index contributed by atoms with van der Waals surface area (Å²) in [4.78, 5) is 13.4. The first-order chi connectivity index (χ1) is 12.8. The number of nitrogens with one attached hydrogen (secondary N) is 1. The van der Waals surface area contributed by atoms with Gasteiger partial charge < -0.3 is 0 Å². The molecule has 130 valence electrons. The van der Waals surface area contributed by atoms with Crippen molar-refractivity contribution < 1.29 is 4.57 Å². The molecule has 2 aromatic heterocycles. The van der Waals surface area contributed by atoms with E-state index in [1.54, 1.807) is 0 Å². The van der Waals surface area contributed by atoms with Crippen LogP contribution in [-0.4, -0.2) is 15.0 Å². The van der Waals surface area contributed by atoms with Gasteiger partial charge in [0, 0.05) is 10.0 Å². The van der Waals surface area contributed by atoms with Crippen LogP contribution in [0.1, 0.15) is 38.1 Å². The highest BCUT2D eigenvalue weighted by Crippen LogP contribution is 2.29. The molecule has 2 aromatic carbocycles. The fourth-order valence-corrected chi connectivity index (χ4v) is 4.30. The molecule has 1 fully saturated rings. The van der Waals surface area contributed by atoms with Gasteiger partial charge >= 0.3 is 5.65 Å². The van der Waals surface area contributed by atoms with Gasteiger partial charge in [-0.1, -0.05) is 39.5 Å². The molecule has 5 rings (SSSR count). The smallest absolute Gasteiger partial charge is 0.251 e. The van der Waals surface area contributed by atoms with Crippen molar-refractivity contribution in [3.63, 3.8) is 0 Å². The molecule has 2 heterocycles. The van der Waals surface area contributed by atoms with Gasteiger partial charge in [0.25, 0.3) is 5.65 Å². The fraction of sp³-hybridized carbons (Fsp3) is 0.286. The summed E-state index contributed by atoms with van der Waals surface area (Å²) in [5.74, 6) is 1.11. The number of benzene rings is 2. The predicted octanol–water partition coefficient (Wildman–Crippen LogP) is 5.33. The maximum Gasteiger partial charge on any atom is 0.323 e. The number of hydrogen-bond donors (Lipinski definition) is 1. The molecule has 0 saturated heterocycles. The number of nitrogens with zero attached hydrogens (tertiary/aromatic N) is 3. The number of fused-ring (bicyclic) bond motifs is 2. The average molecular weight is 408 g/mol. The predicted molar refractivity (Wildman–Crippen MR) is 107 cm³/mol. The number of hydrogen-bond acceptors (Lipinski definition) is 2. The average Bonchev–Trinajstić information content (AvgIpc) is 3.05. The third-order valence-corrected chi connectivity index (χ3v) is 5.84. The molecule has 5 heteroatoms. The summed E-state index contributed by atoms with van der Waals surface area (Å²) < 4.78 is 3.49. The third-order valence-electron chi connectivity index (χ3n) is 5.32. The van der Waals surface area contributed by atoms with Crippen LogP contribution < -0.4 is 4.57 Å². The SMILES string of the molecule is Brc1ccc(-c2[nH]c3nc4ccccc4nc3[n+]2C2CCCCC2)cc1. The molecule has 0 radical (unpaired) electrons. The monoisotopic (exact) mass is 407 g/mol. The van der Waals surface area contributed by atoms with Crippen LogP contribution in [0, 0.1) is 0 Å². The van der Waals surface area contributed by atoms with E-state index in [0.29, 0.717) is 6.04 Å². The Bertz CT molecular complexity index is 1080. The van der Waals surface area contributed by atoms with Crippen molar-refractivity contribution >= 4 is 38.3 Å². The molecule has 0 unspecified atom stereocenters. The molecule has 1 N–H and O–H groups in total. The van der Waals surface area contributed by atoms with Crippen LogP contribution in [0.15, 0.2) is 53.0 Å². The van der Waals surface area contributed by atoms with Gasteiger partial charge in [-0.3, -0.25) is 4.98 Å². The lowest BCUT2D eigenvalue weighted by Gasteiger charge is -2.21. The summed E-state index contributed by atoms with van der Waals surface area (Å²) in [6.45, 7) is 0. The highest BCUT2D eigenvalue weighted by atomic mass is 79.9. The lowest BCUT2D eigenvalue weighted by Crippen LogP contribution is -2.42. The molecule has 26 heavy (non-hydrogen) atoms. The van der Waals surface area contributed by atoms with Crippen molar-refractivity contribution in [2.24, 2.45) is 0 Å². The van der Waals surface area contributed by atoms with E-state index in [1.807, 2.05) is 24.3 Å². The number of halogens is 1. The summed E-state index contributed by atoms with van der Waals surface area (Å²) in [6, 6.07) is 17.0. The molecule has 0 spiro atoms. The molecule has 1 aliphatic carbocycles. The lowest BCUT2D eigenvalue weighted by molar-refractivity contribution is -0.692. The van der Waals surface area contributed by atoms with Crippen molar-refractivity contribution in [2.45, 2.75) is 38.1 Å². The number of aromatic nitrogens is 4. The van der Waals surface area contributed by atoms with Gasteiger partial charge in [0.1, 0.15) is 5.52 Å². The van der Waals surface area contributed by atoms with Crippen LogP contribution in [0.25, 0.3) is 33.7 Å². The van der Waals surface area contributed by atoms with Crippen LogP contribution in [0.2, 0.25) is 0 Å². The second-order valence-corrected chi connectivity index (χ2v) is 7.94. The van der Waals surface area contributed by atoms with Crippen molar-refractivity contribution in [3.05, 3.63) is 53.0 Å². The van der Waals surface area contributed by atoms with Gasteiger partial charge in [-0.25, -0.2) is 9.55 Å². The van der Waals surface area contributed by atoms with Gasteiger partial charge in [0.15, 0.2) is 5.52 Å². The molecule has 1 saturated carbocycles. The molecule has 0 bridgehead atoms. The standard InChI is InChI=1S/C21H19BrN4/c22-15-12-10-14(11-13-15)20-25-19-21(26(20)16-6-2-1-3-7-16)24-18-9-5-4-8-17(18)23-19/h4-5,8-13,16H,1-3,6-7H2/p+1. The van der Waals surface area contributed by atoms with Gasteiger partial charge in [-0.15, -0.1) is 0 Å². The van der Waals surface area contributed by atoms with E-state index in [2.05, 4.69) is 49.7 Å². The first-order valence-corrected chi connectivity index (χ1v) is 10.0. The minimum absolute atomic E-state index is 0.478. The van der Waals surface area contributed by atoms with Crippen molar-refractivity contribution in [2.75, 3.05) is 0 Å². The number of rotatable bonds is 2. The lowest BCUT2D eigenvalue weighted by atomic mass is 9.95. The molecular formula is C21H20BrN4+. The Labute approximate surface area is 160 Å². The first kappa shape index (κ1) is 15.9. The zero-order valence-electron chi connectivity index (χ0n) is 14.5. The summed E-state index contributed by atoms with van der Waals surface area (Å²) in [6.07, 6.45) is 6.31. The molecular weight excluding hydrogens is 388 g/mol. The van der Waals surface area contributed by atoms with E-state index >= 15 is 0 Å². The largest absolute Gasteiger partial charge is 0.323 e. The molecule has 0 aliphatic heterocycles. The molecule has 0 atom stereocenters. The normalized spacial score (nSPS) is 15.7. The number of para-hydroxylation sites is 2. The van der Waals surface area contributed by atoms with Gasteiger partial charge in [-0.05, 0) is 62.1 Å². The van der Waals surface area contributed by atoms with Crippen molar-refractivity contribution in [1.82, 2.24) is 15.0 Å². The summed E-state index contributed by atoms with van der Waals surface area (Å²) in [5, 5.41) is 0. The van der Waals surface area contributed by atoms with Gasteiger partial charge in [-0.2, -0.15) is 0 Å². The van der Waals surface area contributed by atoms with Crippen LogP contribution >= 0.6 is 15.9 Å². The van der Waals surface area contributed by atoms with Crippen molar-refractivity contribution in [1.29, 1.82) is 0 Å². The Morgan fingerprint density at radius 3 is 2.31 bits per heavy atom. The number of imidazole rings is 1. The molecule has 4 aromatic rings. The number of H-pyrrole nitrogens is 1. The zero-order chi connectivity index (χ0) is 17.5. The van der Waals surface area contributed by atoms with E-state index < -0.39 is 0 Å². The Hall–Kier alpha value is -2.27. The van der Waals surface area contributed by atoms with Crippen LogP contribution in [0.5, 0.6) is 0 Å². The molecule has 0 amide bonds. The molecule has 1 aliphatic rings. The highest BCUT2D eigenvalue weighted by Gasteiger charge is 2.29.